The van der Waals surface area contributed by atoms with Crippen molar-refractivity contribution in [3.05, 3.63) is 200 Å². The van der Waals surface area contributed by atoms with E-state index in [1.54, 1.807) is 0 Å². The van der Waals surface area contributed by atoms with Crippen molar-refractivity contribution in [2.45, 2.75) is 0 Å². The number of H-pyrrole nitrogens is 4. The SMILES string of the molecule is C(#Cc1ccccc1)C1=c2ccc([nH]2)=C(c2ccccc2)c2ccc([nH]2)C=c2ccc([nH]2)=C(c2ccccc2)c2ccc1[nH]2. The minimum Gasteiger partial charge on any atom is -0.355 e. The molecular weight excluding hydrogens is 536 g/mol. The maximum atomic E-state index is 3.73. The molecule has 8 bridgehead atoms. The lowest BCUT2D eigenvalue weighted by Crippen LogP contribution is -2.17. The van der Waals surface area contributed by atoms with Gasteiger partial charge < -0.3 is 19.9 Å². The van der Waals surface area contributed by atoms with Crippen LogP contribution in [0.25, 0.3) is 22.8 Å². The first kappa shape index (κ1) is 25.5. The van der Waals surface area contributed by atoms with E-state index in [9.17, 15) is 0 Å². The molecule has 3 aromatic carbocycles. The first-order valence-corrected chi connectivity index (χ1v) is 14.7. The fraction of sp³-hybridized carbons (Fsp3) is 0. The quantitative estimate of drug-likeness (QED) is 0.216. The average molecular weight is 565 g/mol. The highest BCUT2D eigenvalue weighted by Gasteiger charge is 2.14. The van der Waals surface area contributed by atoms with Crippen LogP contribution >= 0.6 is 0 Å². The molecule has 0 spiro atoms. The Morgan fingerprint density at radius 3 is 1.68 bits per heavy atom. The Morgan fingerprint density at radius 1 is 0.386 bits per heavy atom. The van der Waals surface area contributed by atoms with E-state index in [4.69, 9.17) is 0 Å². The predicted octanol–water partition coefficient (Wildman–Crippen LogP) is 4.89. The van der Waals surface area contributed by atoms with Gasteiger partial charge in [-0.25, -0.2) is 0 Å². The second kappa shape index (κ2) is 10.9. The molecule has 0 fully saturated rings. The van der Waals surface area contributed by atoms with Crippen molar-refractivity contribution >= 4 is 22.8 Å². The molecule has 1 aliphatic rings. The summed E-state index contributed by atoms with van der Waals surface area (Å²) in [7, 11) is 0. The Hall–Kier alpha value is -6.18. The lowest BCUT2D eigenvalue weighted by molar-refractivity contribution is 1.20. The van der Waals surface area contributed by atoms with Gasteiger partial charge in [0.25, 0.3) is 0 Å². The van der Waals surface area contributed by atoms with Crippen LogP contribution in [0.4, 0.5) is 0 Å². The van der Waals surface area contributed by atoms with Crippen LogP contribution in [0.15, 0.2) is 140 Å². The molecule has 0 aliphatic carbocycles. The smallest absolute Gasteiger partial charge is 0.0719 e. The summed E-state index contributed by atoms with van der Waals surface area (Å²) >= 11 is 0. The molecule has 4 heteroatoms. The van der Waals surface area contributed by atoms with E-state index in [-0.39, 0.29) is 0 Å². The van der Waals surface area contributed by atoms with Gasteiger partial charge in [-0.15, -0.1) is 0 Å². The lowest BCUT2D eigenvalue weighted by Gasteiger charge is -2.06. The van der Waals surface area contributed by atoms with E-state index in [0.717, 1.165) is 77.6 Å². The van der Waals surface area contributed by atoms with Gasteiger partial charge in [-0.2, -0.15) is 0 Å². The largest absolute Gasteiger partial charge is 0.355 e. The molecule has 4 N–H and O–H groups in total. The normalized spacial score (nSPS) is 12.4. The summed E-state index contributed by atoms with van der Waals surface area (Å²) in [6, 6.07) is 48.2. The zero-order valence-electron chi connectivity index (χ0n) is 23.9. The van der Waals surface area contributed by atoms with E-state index in [0.29, 0.717) is 0 Å². The van der Waals surface area contributed by atoms with E-state index in [1.807, 2.05) is 42.5 Å². The van der Waals surface area contributed by atoms with Gasteiger partial charge in [-0.05, 0) is 77.9 Å². The molecule has 44 heavy (non-hydrogen) atoms. The molecular formula is C40H28N4. The number of rotatable bonds is 2. The van der Waals surface area contributed by atoms with E-state index < -0.39 is 0 Å². The molecule has 0 saturated heterocycles. The van der Waals surface area contributed by atoms with Crippen LogP contribution in [-0.4, -0.2) is 19.9 Å². The number of aromatic nitrogens is 4. The number of aromatic amines is 4. The Bertz CT molecular complexity index is 2420. The Labute approximate surface area is 254 Å². The summed E-state index contributed by atoms with van der Waals surface area (Å²) in [5.74, 6) is 6.90. The summed E-state index contributed by atoms with van der Waals surface area (Å²) < 4.78 is 0. The molecule has 0 atom stereocenters. The minimum atomic E-state index is 0.894. The van der Waals surface area contributed by atoms with Crippen LogP contribution in [0, 0.1) is 11.8 Å². The molecule has 0 radical (unpaired) electrons. The summed E-state index contributed by atoms with van der Waals surface area (Å²) in [5, 5.41) is 4.01. The van der Waals surface area contributed by atoms with Gasteiger partial charge in [0.1, 0.15) is 0 Å². The molecule has 1 aliphatic heterocycles. The summed E-state index contributed by atoms with van der Waals surface area (Å²) in [6.07, 6.45) is 2.15. The highest BCUT2D eigenvalue weighted by molar-refractivity contribution is 5.82. The van der Waals surface area contributed by atoms with Gasteiger partial charge in [-0.3, -0.25) is 0 Å². The third kappa shape index (κ3) is 4.83. The average Bonchev–Trinajstić information content (AvgIpc) is 3.90. The fourth-order valence-electron chi connectivity index (χ4n) is 5.88. The van der Waals surface area contributed by atoms with Crippen LogP contribution in [0.1, 0.15) is 39.5 Å². The van der Waals surface area contributed by atoms with E-state index >= 15 is 0 Å². The molecule has 4 nitrogen and oxygen atoms in total. The van der Waals surface area contributed by atoms with Gasteiger partial charge in [-0.1, -0.05) is 90.7 Å². The maximum Gasteiger partial charge on any atom is 0.0719 e. The monoisotopic (exact) mass is 564 g/mol. The third-order valence-corrected chi connectivity index (χ3v) is 7.95. The van der Waals surface area contributed by atoms with Crippen molar-refractivity contribution in [2.75, 3.05) is 0 Å². The van der Waals surface area contributed by atoms with Crippen molar-refractivity contribution in [2.24, 2.45) is 0 Å². The number of hydrogen-bond donors (Lipinski definition) is 4. The molecule has 8 rings (SSSR count). The number of hydrogen-bond acceptors (Lipinski definition) is 0. The third-order valence-electron chi connectivity index (χ3n) is 7.95. The van der Waals surface area contributed by atoms with Gasteiger partial charge in [0.05, 0.1) is 16.6 Å². The van der Waals surface area contributed by atoms with E-state index in [1.165, 1.54) is 0 Å². The van der Waals surface area contributed by atoms with Crippen molar-refractivity contribution in [1.82, 2.24) is 19.9 Å². The molecule has 5 heterocycles. The second-order valence-electron chi connectivity index (χ2n) is 10.8. The molecule has 7 aromatic rings. The molecule has 208 valence electrons. The fourth-order valence-corrected chi connectivity index (χ4v) is 5.88. The second-order valence-corrected chi connectivity index (χ2v) is 10.8. The van der Waals surface area contributed by atoms with Crippen LogP contribution in [0.5, 0.6) is 0 Å². The number of fused-ring (bicyclic) bond motifs is 8. The first-order chi connectivity index (χ1) is 21.8. The Kier molecular flexibility index (Phi) is 6.33. The molecule has 0 unspecified atom stereocenters. The van der Waals surface area contributed by atoms with E-state index in [2.05, 4.69) is 135 Å². The van der Waals surface area contributed by atoms with Gasteiger partial charge >= 0.3 is 0 Å². The molecule has 0 saturated carbocycles. The lowest BCUT2D eigenvalue weighted by atomic mass is 10.0. The summed E-state index contributed by atoms with van der Waals surface area (Å²) in [4.78, 5) is 14.8. The molecule has 0 amide bonds. The van der Waals surface area contributed by atoms with Gasteiger partial charge in [0.15, 0.2) is 0 Å². The van der Waals surface area contributed by atoms with Crippen LogP contribution in [-0.2, 0) is 0 Å². The van der Waals surface area contributed by atoms with Gasteiger partial charge in [0, 0.05) is 49.8 Å². The zero-order chi connectivity index (χ0) is 29.3. The van der Waals surface area contributed by atoms with Gasteiger partial charge in [0.2, 0.25) is 0 Å². The summed E-state index contributed by atoms with van der Waals surface area (Å²) in [6.45, 7) is 0. The van der Waals surface area contributed by atoms with Crippen LogP contribution in [0.3, 0.4) is 0 Å². The predicted molar refractivity (Wildman–Crippen MR) is 177 cm³/mol. The van der Waals surface area contributed by atoms with Crippen molar-refractivity contribution in [1.29, 1.82) is 0 Å². The van der Waals surface area contributed by atoms with Crippen LogP contribution in [0.2, 0.25) is 0 Å². The first-order valence-electron chi connectivity index (χ1n) is 14.7. The van der Waals surface area contributed by atoms with Crippen molar-refractivity contribution in [3.63, 3.8) is 0 Å². The standard InChI is InChI=1S/C40H28N4/c1-4-10-27(11-5-1)16-19-32-33-22-24-37(43-33)39(28-12-6-2-7-13-28)35-20-17-30(41-35)26-31-18-21-36(42-31)40(29-14-8-3-9-15-29)38-25-23-34(32)44-38/h1-15,17-18,20-26,41-44H. The number of nitrogens with one attached hydrogen (secondary N) is 4. The van der Waals surface area contributed by atoms with Crippen molar-refractivity contribution < 1.29 is 0 Å². The maximum absolute atomic E-state index is 3.73. The number of benzene rings is 3. The zero-order valence-corrected chi connectivity index (χ0v) is 23.9. The Balaban J connectivity index is 1.46. The highest BCUT2D eigenvalue weighted by atomic mass is 14.8. The van der Waals surface area contributed by atoms with Crippen LogP contribution < -0.4 is 21.4 Å². The minimum absolute atomic E-state index is 0.894. The van der Waals surface area contributed by atoms with Crippen molar-refractivity contribution in [3.8, 4) is 11.8 Å². The topological polar surface area (TPSA) is 63.2 Å². The highest BCUT2D eigenvalue weighted by Crippen LogP contribution is 2.23. The summed E-state index contributed by atoms with van der Waals surface area (Å²) in [5.41, 5.74) is 10.3. The Morgan fingerprint density at radius 2 is 0.955 bits per heavy atom. The molecule has 4 aromatic heterocycles.